The number of nitrogens with two attached hydrogens (primary N) is 1. The highest BCUT2D eigenvalue weighted by atomic mass is 35.5. The van der Waals surface area contributed by atoms with Gasteiger partial charge in [-0.3, -0.25) is 0 Å². The first kappa shape index (κ1) is 11.5. The number of hydrogen-bond donors (Lipinski definition) is 2. The topological polar surface area (TPSA) is 63.3 Å². The summed E-state index contributed by atoms with van der Waals surface area (Å²) in [7, 11) is 0. The highest BCUT2D eigenvalue weighted by Crippen LogP contribution is 2.28. The van der Waals surface area contributed by atoms with Crippen molar-refractivity contribution in [3.8, 4) is 11.1 Å². The largest absolute Gasteiger partial charge is 0.478 e. The maximum atomic E-state index is 11.1. The zero-order valence-electron chi connectivity index (χ0n) is 8.85. The number of carbonyl (C=O) groups is 1. The minimum absolute atomic E-state index is 0.208. The zero-order chi connectivity index (χ0) is 12.4. The molecule has 0 saturated carbocycles. The lowest BCUT2D eigenvalue weighted by Gasteiger charge is -2.07. The van der Waals surface area contributed by atoms with Gasteiger partial charge in [0.1, 0.15) is 0 Å². The molecule has 0 atom stereocenters. The highest BCUT2D eigenvalue weighted by molar-refractivity contribution is 6.31. The van der Waals surface area contributed by atoms with Crippen LogP contribution in [0.4, 0.5) is 5.69 Å². The fourth-order valence-corrected chi connectivity index (χ4v) is 1.82. The van der Waals surface area contributed by atoms with Crippen LogP contribution in [0.1, 0.15) is 10.4 Å². The number of benzene rings is 2. The molecular weight excluding hydrogens is 238 g/mol. The first-order valence-electron chi connectivity index (χ1n) is 4.96. The van der Waals surface area contributed by atoms with Crippen LogP contribution in [0.5, 0.6) is 0 Å². The molecule has 2 aromatic rings. The van der Waals surface area contributed by atoms with Gasteiger partial charge in [0.25, 0.3) is 0 Å². The Morgan fingerprint density at radius 1 is 1.18 bits per heavy atom. The van der Waals surface area contributed by atoms with Gasteiger partial charge < -0.3 is 10.8 Å². The van der Waals surface area contributed by atoms with Crippen molar-refractivity contribution in [2.24, 2.45) is 0 Å². The van der Waals surface area contributed by atoms with E-state index in [0.717, 1.165) is 5.56 Å². The van der Waals surface area contributed by atoms with Crippen LogP contribution in [0.25, 0.3) is 11.1 Å². The quantitative estimate of drug-likeness (QED) is 0.801. The van der Waals surface area contributed by atoms with Crippen molar-refractivity contribution in [1.82, 2.24) is 0 Å². The SMILES string of the molecule is Nc1cccc(-c2cc(Cl)ccc2C(=O)O)c1. The number of carboxylic acids is 1. The molecule has 0 aliphatic carbocycles. The molecule has 86 valence electrons. The summed E-state index contributed by atoms with van der Waals surface area (Å²) in [5.41, 5.74) is 7.78. The van der Waals surface area contributed by atoms with Crippen molar-refractivity contribution in [3.05, 3.63) is 53.1 Å². The van der Waals surface area contributed by atoms with Gasteiger partial charge >= 0.3 is 5.97 Å². The molecule has 17 heavy (non-hydrogen) atoms. The predicted octanol–water partition coefficient (Wildman–Crippen LogP) is 3.29. The van der Waals surface area contributed by atoms with Gasteiger partial charge in [-0.25, -0.2) is 4.79 Å². The molecule has 0 bridgehead atoms. The Balaban J connectivity index is 2.65. The van der Waals surface area contributed by atoms with Crippen LogP contribution in [-0.2, 0) is 0 Å². The zero-order valence-corrected chi connectivity index (χ0v) is 9.61. The third kappa shape index (κ3) is 2.40. The van der Waals surface area contributed by atoms with Gasteiger partial charge in [-0.15, -0.1) is 0 Å². The molecule has 3 nitrogen and oxygen atoms in total. The van der Waals surface area contributed by atoms with Crippen LogP contribution >= 0.6 is 11.6 Å². The summed E-state index contributed by atoms with van der Waals surface area (Å²) < 4.78 is 0. The number of aromatic carboxylic acids is 1. The minimum atomic E-state index is -0.987. The van der Waals surface area contributed by atoms with E-state index >= 15 is 0 Å². The number of halogens is 1. The van der Waals surface area contributed by atoms with E-state index in [9.17, 15) is 4.79 Å². The molecule has 0 unspecified atom stereocenters. The van der Waals surface area contributed by atoms with Gasteiger partial charge in [0.15, 0.2) is 0 Å². The fourth-order valence-electron chi connectivity index (χ4n) is 1.65. The van der Waals surface area contributed by atoms with Crippen molar-refractivity contribution in [2.75, 3.05) is 5.73 Å². The predicted molar refractivity (Wildman–Crippen MR) is 68.3 cm³/mol. The Kier molecular flexibility index (Phi) is 3.02. The van der Waals surface area contributed by atoms with E-state index in [1.54, 1.807) is 36.4 Å². The van der Waals surface area contributed by atoms with Crippen LogP contribution in [0.2, 0.25) is 5.02 Å². The molecule has 3 N–H and O–H groups in total. The lowest BCUT2D eigenvalue weighted by Crippen LogP contribution is -1.99. The summed E-state index contributed by atoms with van der Waals surface area (Å²) in [6.45, 7) is 0. The van der Waals surface area contributed by atoms with Crippen molar-refractivity contribution < 1.29 is 9.90 Å². The van der Waals surface area contributed by atoms with E-state index in [2.05, 4.69) is 0 Å². The first-order chi connectivity index (χ1) is 8.08. The summed E-state index contributed by atoms with van der Waals surface area (Å²) >= 11 is 5.89. The molecule has 2 aromatic carbocycles. The average molecular weight is 248 g/mol. The molecule has 2 rings (SSSR count). The highest BCUT2D eigenvalue weighted by Gasteiger charge is 2.12. The minimum Gasteiger partial charge on any atom is -0.478 e. The smallest absolute Gasteiger partial charge is 0.336 e. The Bertz CT molecular complexity index is 581. The normalized spacial score (nSPS) is 10.2. The van der Waals surface area contributed by atoms with Crippen molar-refractivity contribution in [3.63, 3.8) is 0 Å². The molecule has 0 amide bonds. The van der Waals surface area contributed by atoms with E-state index in [1.165, 1.54) is 6.07 Å². The van der Waals surface area contributed by atoms with Crippen molar-refractivity contribution in [1.29, 1.82) is 0 Å². The summed E-state index contributed by atoms with van der Waals surface area (Å²) in [4.78, 5) is 11.1. The van der Waals surface area contributed by atoms with Gasteiger partial charge in [0.05, 0.1) is 5.56 Å². The third-order valence-electron chi connectivity index (χ3n) is 2.41. The molecular formula is C13H10ClNO2. The monoisotopic (exact) mass is 247 g/mol. The standard InChI is InChI=1S/C13H10ClNO2/c14-9-4-5-11(13(16)17)12(7-9)8-2-1-3-10(15)6-8/h1-7H,15H2,(H,16,17). The average Bonchev–Trinajstić information content (AvgIpc) is 2.28. The fraction of sp³-hybridized carbons (Fsp3) is 0. The Morgan fingerprint density at radius 3 is 2.59 bits per heavy atom. The number of nitrogen functional groups attached to an aromatic ring is 1. The molecule has 0 fully saturated rings. The molecule has 0 aliphatic heterocycles. The van der Waals surface area contributed by atoms with Crippen LogP contribution in [0.3, 0.4) is 0 Å². The summed E-state index contributed by atoms with van der Waals surface area (Å²) in [6, 6.07) is 11.7. The lowest BCUT2D eigenvalue weighted by atomic mass is 9.99. The maximum Gasteiger partial charge on any atom is 0.336 e. The third-order valence-corrected chi connectivity index (χ3v) is 2.64. The van der Waals surface area contributed by atoms with Gasteiger partial charge in [-0.05, 0) is 41.5 Å². The van der Waals surface area contributed by atoms with E-state index in [0.29, 0.717) is 16.3 Å². The van der Waals surface area contributed by atoms with Crippen LogP contribution in [-0.4, -0.2) is 11.1 Å². The number of rotatable bonds is 2. The molecule has 4 heteroatoms. The lowest BCUT2D eigenvalue weighted by molar-refractivity contribution is 0.0698. The van der Waals surface area contributed by atoms with Crippen molar-refractivity contribution in [2.45, 2.75) is 0 Å². The second-order valence-electron chi connectivity index (χ2n) is 3.62. The Hall–Kier alpha value is -2.00. The summed E-state index contributed by atoms with van der Waals surface area (Å²) in [5, 5.41) is 9.61. The summed E-state index contributed by atoms with van der Waals surface area (Å²) in [6.07, 6.45) is 0. The summed E-state index contributed by atoms with van der Waals surface area (Å²) in [5.74, 6) is -0.987. The van der Waals surface area contributed by atoms with Crippen LogP contribution < -0.4 is 5.73 Å². The molecule has 0 saturated heterocycles. The van der Waals surface area contributed by atoms with Gasteiger partial charge in [-0.1, -0.05) is 23.7 Å². The molecule has 0 spiro atoms. The second-order valence-corrected chi connectivity index (χ2v) is 4.06. The Morgan fingerprint density at radius 2 is 1.94 bits per heavy atom. The van der Waals surface area contributed by atoms with E-state index in [4.69, 9.17) is 22.4 Å². The number of anilines is 1. The van der Waals surface area contributed by atoms with E-state index < -0.39 is 5.97 Å². The van der Waals surface area contributed by atoms with Crippen LogP contribution in [0.15, 0.2) is 42.5 Å². The maximum absolute atomic E-state index is 11.1. The number of carboxylic acid groups (broad SMARTS) is 1. The molecule has 0 radical (unpaired) electrons. The molecule has 0 heterocycles. The van der Waals surface area contributed by atoms with Crippen LogP contribution in [0, 0.1) is 0 Å². The Labute approximate surface area is 103 Å². The van der Waals surface area contributed by atoms with Gasteiger partial charge in [0, 0.05) is 10.7 Å². The number of hydrogen-bond acceptors (Lipinski definition) is 2. The van der Waals surface area contributed by atoms with E-state index in [1.807, 2.05) is 0 Å². The van der Waals surface area contributed by atoms with Crippen molar-refractivity contribution >= 4 is 23.3 Å². The van der Waals surface area contributed by atoms with Gasteiger partial charge in [0.2, 0.25) is 0 Å². The van der Waals surface area contributed by atoms with E-state index in [-0.39, 0.29) is 5.56 Å². The van der Waals surface area contributed by atoms with Gasteiger partial charge in [-0.2, -0.15) is 0 Å². The molecule has 0 aromatic heterocycles. The second kappa shape index (κ2) is 4.47. The first-order valence-corrected chi connectivity index (χ1v) is 5.34. The molecule has 0 aliphatic rings.